The Kier molecular flexibility index (Phi) is 2.65. The molecule has 1 saturated carbocycles. The van der Waals surface area contributed by atoms with E-state index in [0.29, 0.717) is 17.9 Å². The fourth-order valence-corrected chi connectivity index (χ4v) is 5.07. The lowest BCUT2D eigenvalue weighted by Crippen LogP contribution is -2.64. The molecule has 4 heteroatoms. The molecular formula is C18H21N3O. The van der Waals surface area contributed by atoms with Gasteiger partial charge in [0.25, 0.3) is 5.91 Å². The van der Waals surface area contributed by atoms with Crippen LogP contribution in [0.15, 0.2) is 30.5 Å². The first-order valence-corrected chi connectivity index (χ1v) is 8.36. The summed E-state index contributed by atoms with van der Waals surface area (Å²) in [5.74, 6) is 2.28. The third kappa shape index (κ3) is 1.90. The van der Waals surface area contributed by atoms with Gasteiger partial charge < -0.3 is 15.2 Å². The molecule has 1 amide bonds. The van der Waals surface area contributed by atoms with Crippen molar-refractivity contribution in [1.29, 1.82) is 0 Å². The van der Waals surface area contributed by atoms with Crippen LogP contribution in [0.4, 0.5) is 0 Å². The number of aromatic amines is 1. The molecule has 4 heterocycles. The van der Waals surface area contributed by atoms with E-state index < -0.39 is 0 Å². The number of piperidine rings is 3. The van der Waals surface area contributed by atoms with Crippen LogP contribution in [-0.4, -0.2) is 41.5 Å². The van der Waals surface area contributed by atoms with Crippen molar-refractivity contribution < 1.29 is 4.79 Å². The molecule has 22 heavy (non-hydrogen) atoms. The van der Waals surface area contributed by atoms with Crippen molar-refractivity contribution in [2.45, 2.75) is 18.9 Å². The zero-order valence-electron chi connectivity index (χ0n) is 12.6. The number of fused-ring (bicyclic) bond motifs is 1. The maximum Gasteiger partial charge on any atom is 0.251 e. The Balaban J connectivity index is 1.38. The Morgan fingerprint density at radius 1 is 1.14 bits per heavy atom. The molecule has 3 aliphatic heterocycles. The highest BCUT2D eigenvalue weighted by atomic mass is 16.1. The number of carbonyl (C=O) groups excluding carboxylic acids is 1. The molecule has 114 valence electrons. The van der Waals surface area contributed by atoms with Crippen molar-refractivity contribution in [3.05, 3.63) is 36.0 Å². The number of carbonyl (C=O) groups is 1. The van der Waals surface area contributed by atoms with E-state index in [-0.39, 0.29) is 5.91 Å². The summed E-state index contributed by atoms with van der Waals surface area (Å²) in [6.07, 6.45) is 4.51. The van der Waals surface area contributed by atoms with E-state index in [0.717, 1.165) is 22.4 Å². The number of hydrogen-bond donors (Lipinski definition) is 2. The van der Waals surface area contributed by atoms with Gasteiger partial charge in [0.2, 0.25) is 0 Å². The van der Waals surface area contributed by atoms with Crippen molar-refractivity contribution in [3.63, 3.8) is 0 Å². The van der Waals surface area contributed by atoms with Gasteiger partial charge in [-0.3, -0.25) is 4.79 Å². The highest BCUT2D eigenvalue weighted by Crippen LogP contribution is 2.43. The van der Waals surface area contributed by atoms with E-state index in [2.05, 4.69) is 15.2 Å². The van der Waals surface area contributed by atoms with Gasteiger partial charge >= 0.3 is 0 Å². The lowest BCUT2D eigenvalue weighted by Gasteiger charge is -2.55. The lowest BCUT2D eigenvalue weighted by molar-refractivity contribution is -0.0418. The minimum Gasteiger partial charge on any atom is -0.361 e. The minimum atomic E-state index is 0.0870. The molecule has 6 rings (SSSR count). The van der Waals surface area contributed by atoms with Gasteiger partial charge in [-0.05, 0) is 54.2 Å². The molecule has 0 radical (unpaired) electrons. The number of aromatic nitrogens is 1. The lowest BCUT2D eigenvalue weighted by atomic mass is 9.65. The average molecular weight is 295 g/mol. The van der Waals surface area contributed by atoms with Crippen molar-refractivity contribution in [2.24, 2.45) is 17.8 Å². The molecule has 2 N–H and O–H groups in total. The largest absolute Gasteiger partial charge is 0.361 e. The van der Waals surface area contributed by atoms with Gasteiger partial charge in [-0.2, -0.15) is 0 Å². The first-order chi connectivity index (χ1) is 10.8. The van der Waals surface area contributed by atoms with Crippen molar-refractivity contribution in [1.82, 2.24) is 15.2 Å². The third-order valence-electron chi connectivity index (χ3n) is 5.90. The molecule has 0 spiro atoms. The van der Waals surface area contributed by atoms with E-state index in [1.54, 1.807) is 0 Å². The smallest absolute Gasteiger partial charge is 0.251 e. The van der Waals surface area contributed by atoms with E-state index in [4.69, 9.17) is 0 Å². The Hall–Kier alpha value is -1.81. The van der Waals surface area contributed by atoms with Gasteiger partial charge in [-0.15, -0.1) is 0 Å². The van der Waals surface area contributed by atoms with Crippen LogP contribution in [0, 0.1) is 17.8 Å². The van der Waals surface area contributed by atoms with E-state index in [1.165, 1.54) is 32.5 Å². The van der Waals surface area contributed by atoms with Crippen LogP contribution in [0.5, 0.6) is 0 Å². The highest BCUT2D eigenvalue weighted by molar-refractivity contribution is 5.98. The van der Waals surface area contributed by atoms with Gasteiger partial charge in [-0.1, -0.05) is 6.07 Å². The molecule has 4 fully saturated rings. The van der Waals surface area contributed by atoms with Gasteiger partial charge in [0.1, 0.15) is 0 Å². The number of benzene rings is 1. The van der Waals surface area contributed by atoms with Crippen molar-refractivity contribution in [3.8, 4) is 0 Å². The summed E-state index contributed by atoms with van der Waals surface area (Å²) in [6, 6.07) is 8.32. The summed E-state index contributed by atoms with van der Waals surface area (Å²) in [5, 5.41) is 4.51. The second-order valence-corrected chi connectivity index (χ2v) is 7.36. The zero-order chi connectivity index (χ0) is 14.7. The van der Waals surface area contributed by atoms with Gasteiger partial charge in [-0.25, -0.2) is 0 Å². The number of hydrogen-bond acceptors (Lipinski definition) is 2. The molecular weight excluding hydrogens is 274 g/mol. The minimum absolute atomic E-state index is 0.0870. The van der Waals surface area contributed by atoms with Crippen LogP contribution >= 0.6 is 0 Å². The SMILES string of the molecule is O=C(NC1[C@@H]2CC3C[C@H]1CN(C3)C2)c1ccc2cc[nH]c2c1. The van der Waals surface area contributed by atoms with Crippen LogP contribution < -0.4 is 5.32 Å². The van der Waals surface area contributed by atoms with Crippen LogP contribution in [-0.2, 0) is 0 Å². The maximum absolute atomic E-state index is 12.7. The molecule has 3 unspecified atom stereocenters. The second kappa shape index (κ2) is 4.59. The predicted octanol–water partition coefficient (Wildman–Crippen LogP) is 2.24. The fourth-order valence-electron chi connectivity index (χ4n) is 5.07. The van der Waals surface area contributed by atoms with Crippen LogP contribution in [0.25, 0.3) is 10.9 Å². The Labute approximate surface area is 129 Å². The summed E-state index contributed by atoms with van der Waals surface area (Å²) in [6.45, 7) is 3.64. The molecule has 1 aromatic carbocycles. The Morgan fingerprint density at radius 2 is 1.95 bits per heavy atom. The second-order valence-electron chi connectivity index (χ2n) is 7.36. The Bertz CT molecular complexity index is 707. The number of amides is 1. The van der Waals surface area contributed by atoms with Crippen molar-refractivity contribution >= 4 is 16.8 Å². The van der Waals surface area contributed by atoms with Crippen LogP contribution in [0.2, 0.25) is 0 Å². The van der Waals surface area contributed by atoms with Crippen molar-refractivity contribution in [2.75, 3.05) is 19.6 Å². The highest BCUT2D eigenvalue weighted by Gasteiger charge is 2.47. The number of H-pyrrole nitrogens is 1. The van der Waals surface area contributed by atoms with E-state index in [1.807, 2.05) is 30.5 Å². The van der Waals surface area contributed by atoms with Crippen LogP contribution in [0.1, 0.15) is 23.2 Å². The molecule has 4 bridgehead atoms. The summed E-state index contributed by atoms with van der Waals surface area (Å²) in [5.41, 5.74) is 1.80. The van der Waals surface area contributed by atoms with Gasteiger partial charge in [0.05, 0.1) is 0 Å². The summed E-state index contributed by atoms with van der Waals surface area (Å²) in [4.78, 5) is 18.4. The quantitative estimate of drug-likeness (QED) is 0.892. The summed E-state index contributed by atoms with van der Waals surface area (Å²) >= 11 is 0. The van der Waals surface area contributed by atoms with Gasteiger partial charge in [0.15, 0.2) is 0 Å². The average Bonchev–Trinajstić information content (AvgIpc) is 2.97. The molecule has 1 aliphatic carbocycles. The Morgan fingerprint density at radius 3 is 2.73 bits per heavy atom. The number of nitrogens with zero attached hydrogens (tertiary/aromatic N) is 1. The molecule has 1 aromatic heterocycles. The monoisotopic (exact) mass is 295 g/mol. The maximum atomic E-state index is 12.7. The normalized spacial score (nSPS) is 35.9. The first kappa shape index (κ1) is 12.7. The zero-order valence-corrected chi connectivity index (χ0v) is 12.6. The molecule has 3 saturated heterocycles. The first-order valence-electron chi connectivity index (χ1n) is 8.36. The molecule has 5 atom stereocenters. The fraction of sp³-hybridized carbons (Fsp3) is 0.500. The molecule has 4 aliphatic rings. The van der Waals surface area contributed by atoms with E-state index in [9.17, 15) is 4.79 Å². The van der Waals surface area contributed by atoms with E-state index >= 15 is 0 Å². The third-order valence-corrected chi connectivity index (χ3v) is 5.90. The molecule has 4 nitrogen and oxygen atoms in total. The topological polar surface area (TPSA) is 48.1 Å². The number of nitrogens with one attached hydrogen (secondary N) is 2. The van der Waals surface area contributed by atoms with Gasteiger partial charge in [0, 0.05) is 43.0 Å². The standard InChI is InChI=1S/C18H21N3O/c22-18(13-2-1-12-3-4-19-16(12)7-13)20-17-14-5-11-6-15(17)10-21(8-11)9-14/h1-4,7,11,14-15,17,19H,5-6,8-10H2,(H,20,22)/t11?,14-,15+,17?. The summed E-state index contributed by atoms with van der Waals surface area (Å²) < 4.78 is 0. The summed E-state index contributed by atoms with van der Waals surface area (Å²) in [7, 11) is 0. The van der Waals surface area contributed by atoms with Crippen LogP contribution in [0.3, 0.4) is 0 Å². The molecule has 2 aromatic rings. The number of rotatable bonds is 2. The predicted molar refractivity (Wildman–Crippen MR) is 85.7 cm³/mol.